The van der Waals surface area contributed by atoms with Gasteiger partial charge in [-0.3, -0.25) is 4.79 Å². The zero-order chi connectivity index (χ0) is 23.2. The predicted octanol–water partition coefficient (Wildman–Crippen LogP) is 2.97. The molecule has 174 valence electrons. The van der Waals surface area contributed by atoms with Crippen LogP contribution in [0.25, 0.3) is 10.2 Å². The van der Waals surface area contributed by atoms with Crippen LogP contribution in [-0.4, -0.2) is 79.3 Å². The number of alkyl halides is 3. The maximum Gasteiger partial charge on any atom is 0.418 e. The number of pyridine rings is 1. The van der Waals surface area contributed by atoms with Gasteiger partial charge in [0.25, 0.3) is 5.91 Å². The number of ether oxygens (including phenoxy) is 2. The molecule has 4 rings (SSSR count). The lowest BCUT2D eigenvalue weighted by molar-refractivity contribution is -0.136. The van der Waals surface area contributed by atoms with E-state index in [1.807, 2.05) is 19.0 Å². The molecular weight excluding hydrogens is 449 g/mol. The van der Waals surface area contributed by atoms with Crippen molar-refractivity contribution in [2.24, 2.45) is 0 Å². The van der Waals surface area contributed by atoms with Crippen molar-refractivity contribution in [3.8, 4) is 5.88 Å². The molecule has 0 radical (unpaired) electrons. The molecule has 2 aliphatic rings. The van der Waals surface area contributed by atoms with Crippen LogP contribution in [0.2, 0.25) is 0 Å². The van der Waals surface area contributed by atoms with Gasteiger partial charge in [0.1, 0.15) is 12.2 Å². The van der Waals surface area contributed by atoms with Crippen LogP contribution in [0.5, 0.6) is 5.88 Å². The first-order valence-electron chi connectivity index (χ1n) is 10.1. The molecule has 2 amide bonds. The number of thiophene rings is 1. The van der Waals surface area contributed by atoms with Gasteiger partial charge in [0.15, 0.2) is 0 Å². The quantitative estimate of drug-likeness (QED) is 0.721. The Balaban J connectivity index is 1.41. The molecule has 0 unspecified atom stereocenters. The van der Waals surface area contributed by atoms with E-state index in [1.54, 1.807) is 4.90 Å². The smallest absolute Gasteiger partial charge is 0.418 e. The number of nitrogens with zero attached hydrogens (tertiary/aromatic N) is 3. The highest BCUT2D eigenvalue weighted by Gasteiger charge is 2.40. The zero-order valence-electron chi connectivity index (χ0n) is 17.7. The topological polar surface area (TPSA) is 84.0 Å². The predicted molar refractivity (Wildman–Crippen MR) is 111 cm³/mol. The number of fused-ring (bicyclic) bond motifs is 1. The molecule has 1 saturated carbocycles. The highest BCUT2D eigenvalue weighted by atomic mass is 32.1. The summed E-state index contributed by atoms with van der Waals surface area (Å²) in [5.41, 5.74) is -0.877. The van der Waals surface area contributed by atoms with E-state index in [9.17, 15) is 22.8 Å². The van der Waals surface area contributed by atoms with Crippen LogP contribution in [0.4, 0.5) is 18.0 Å². The van der Waals surface area contributed by atoms with Crippen LogP contribution in [0.15, 0.2) is 11.4 Å². The first-order chi connectivity index (χ1) is 15.1. The van der Waals surface area contributed by atoms with Crippen molar-refractivity contribution >= 4 is 33.6 Å². The second-order valence-electron chi connectivity index (χ2n) is 8.15. The van der Waals surface area contributed by atoms with E-state index in [1.165, 1.54) is 12.4 Å². The molecule has 1 saturated heterocycles. The molecule has 0 atom stereocenters. The Labute approximate surface area is 186 Å². The minimum Gasteiger partial charge on any atom is -0.474 e. The molecule has 1 aliphatic carbocycles. The number of amides is 2. The maximum atomic E-state index is 13.6. The van der Waals surface area contributed by atoms with Gasteiger partial charge in [0.05, 0.1) is 21.3 Å². The van der Waals surface area contributed by atoms with Gasteiger partial charge in [-0.15, -0.1) is 11.3 Å². The van der Waals surface area contributed by atoms with E-state index in [0.717, 1.165) is 17.4 Å². The molecule has 2 aromatic rings. The molecule has 3 heterocycles. The van der Waals surface area contributed by atoms with E-state index in [-0.39, 0.29) is 33.9 Å². The van der Waals surface area contributed by atoms with Gasteiger partial charge in [-0.25, -0.2) is 9.78 Å². The van der Waals surface area contributed by atoms with Gasteiger partial charge in [0, 0.05) is 50.5 Å². The van der Waals surface area contributed by atoms with Crippen molar-refractivity contribution in [2.75, 3.05) is 34.2 Å². The van der Waals surface area contributed by atoms with Crippen LogP contribution >= 0.6 is 11.3 Å². The summed E-state index contributed by atoms with van der Waals surface area (Å²) in [7, 11) is 5.29. The number of likely N-dealkylation sites (N-methyl/N-ethyl adjacent to an activating group) is 1. The SMILES string of the molecule is CNC(=O)c1csc2c(C(F)(F)F)cc(OC3CC(OC(=O)N4CC(N(C)C)C4)C3)nc12. The Hall–Kier alpha value is -2.60. The number of carbonyl (C=O) groups is 2. The van der Waals surface area contributed by atoms with Crippen LogP contribution in [0.1, 0.15) is 28.8 Å². The van der Waals surface area contributed by atoms with Gasteiger partial charge in [-0.05, 0) is 14.1 Å². The highest BCUT2D eigenvalue weighted by Crippen LogP contribution is 2.41. The number of carbonyl (C=O) groups excluding carboxylic acids is 2. The number of aromatic nitrogens is 1. The Bertz CT molecular complexity index is 1030. The van der Waals surface area contributed by atoms with Gasteiger partial charge < -0.3 is 24.6 Å². The first-order valence-corrected chi connectivity index (χ1v) is 10.9. The fraction of sp³-hybridized carbons (Fsp3) is 0.550. The second kappa shape index (κ2) is 8.39. The Morgan fingerprint density at radius 1 is 1.25 bits per heavy atom. The molecule has 0 aromatic carbocycles. The van der Waals surface area contributed by atoms with Crippen molar-refractivity contribution < 1.29 is 32.2 Å². The molecule has 12 heteroatoms. The molecule has 0 spiro atoms. The lowest BCUT2D eigenvalue weighted by Gasteiger charge is -2.43. The fourth-order valence-corrected chi connectivity index (χ4v) is 4.60. The lowest BCUT2D eigenvalue weighted by atomic mass is 9.92. The monoisotopic (exact) mass is 472 g/mol. The molecule has 1 N–H and O–H groups in total. The third kappa shape index (κ3) is 4.33. The molecule has 1 aliphatic heterocycles. The molecule has 2 aromatic heterocycles. The summed E-state index contributed by atoms with van der Waals surface area (Å²) >= 11 is 0.814. The van der Waals surface area contributed by atoms with Crippen molar-refractivity contribution in [3.63, 3.8) is 0 Å². The summed E-state index contributed by atoms with van der Waals surface area (Å²) in [6, 6.07) is 1.17. The average molecular weight is 472 g/mol. The average Bonchev–Trinajstić information content (AvgIpc) is 3.06. The number of halogens is 3. The summed E-state index contributed by atoms with van der Waals surface area (Å²) < 4.78 is 51.7. The third-order valence-electron chi connectivity index (χ3n) is 5.73. The minimum absolute atomic E-state index is 0.0466. The number of likely N-dealkylation sites (tertiary alicyclic amines) is 1. The number of rotatable bonds is 5. The molecule has 0 bridgehead atoms. The number of nitrogens with one attached hydrogen (secondary N) is 1. The van der Waals surface area contributed by atoms with Gasteiger partial charge in [-0.2, -0.15) is 13.2 Å². The van der Waals surface area contributed by atoms with Gasteiger partial charge in [0.2, 0.25) is 5.88 Å². The van der Waals surface area contributed by atoms with Crippen molar-refractivity contribution in [1.29, 1.82) is 0 Å². The van der Waals surface area contributed by atoms with Crippen LogP contribution < -0.4 is 10.1 Å². The Morgan fingerprint density at radius 2 is 1.94 bits per heavy atom. The van der Waals surface area contributed by atoms with E-state index in [0.29, 0.717) is 32.0 Å². The summed E-state index contributed by atoms with van der Waals surface area (Å²) in [5, 5.41) is 3.75. The van der Waals surface area contributed by atoms with Crippen molar-refractivity contribution in [2.45, 2.75) is 37.3 Å². The summed E-state index contributed by atoms with van der Waals surface area (Å²) in [6.45, 7) is 1.22. The largest absolute Gasteiger partial charge is 0.474 e. The molecule has 2 fully saturated rings. The van der Waals surface area contributed by atoms with Gasteiger partial charge in [-0.1, -0.05) is 0 Å². The Kier molecular flexibility index (Phi) is 5.93. The Morgan fingerprint density at radius 3 is 2.53 bits per heavy atom. The molecular formula is C20H23F3N4O4S. The maximum absolute atomic E-state index is 13.6. The number of hydrogen-bond acceptors (Lipinski definition) is 7. The highest BCUT2D eigenvalue weighted by molar-refractivity contribution is 7.17. The molecule has 32 heavy (non-hydrogen) atoms. The van der Waals surface area contributed by atoms with Crippen LogP contribution in [-0.2, 0) is 10.9 Å². The number of hydrogen-bond donors (Lipinski definition) is 1. The first kappa shape index (κ1) is 22.6. The third-order valence-corrected chi connectivity index (χ3v) is 6.74. The summed E-state index contributed by atoms with van der Waals surface area (Å²) in [4.78, 5) is 32.0. The van der Waals surface area contributed by atoms with E-state index < -0.39 is 23.8 Å². The summed E-state index contributed by atoms with van der Waals surface area (Å²) in [6.07, 6.45) is -5.05. The van der Waals surface area contributed by atoms with E-state index in [2.05, 4.69) is 10.3 Å². The van der Waals surface area contributed by atoms with Crippen LogP contribution in [0, 0.1) is 0 Å². The standard InChI is InChI=1S/C20H23F3N4O4S/c1-24-18(28)13-9-32-17-14(20(21,22)23)6-15(25-16(13)17)30-11-4-12(5-11)31-19(29)27-7-10(8-27)26(2)3/h6,9-12H,4-5,7-8H2,1-3H3,(H,24,28). The molecule has 8 nitrogen and oxygen atoms in total. The van der Waals surface area contributed by atoms with Crippen LogP contribution in [0.3, 0.4) is 0 Å². The van der Waals surface area contributed by atoms with Gasteiger partial charge >= 0.3 is 12.3 Å². The zero-order valence-corrected chi connectivity index (χ0v) is 18.5. The van der Waals surface area contributed by atoms with E-state index >= 15 is 0 Å². The normalized spacial score (nSPS) is 21.3. The fourth-order valence-electron chi connectivity index (χ4n) is 3.58. The van der Waals surface area contributed by atoms with E-state index in [4.69, 9.17) is 9.47 Å². The van der Waals surface area contributed by atoms with Crippen molar-refractivity contribution in [1.82, 2.24) is 20.1 Å². The lowest BCUT2D eigenvalue weighted by Crippen LogP contribution is -2.60. The summed E-state index contributed by atoms with van der Waals surface area (Å²) in [5.74, 6) is -0.730. The minimum atomic E-state index is -4.62. The van der Waals surface area contributed by atoms with Crippen molar-refractivity contribution in [3.05, 3.63) is 22.6 Å². The second-order valence-corrected chi connectivity index (χ2v) is 9.03.